The average Bonchev–Trinajstić information content (AvgIpc) is 3.10. The molecule has 0 aliphatic heterocycles. The molecule has 172 valence electrons. The van der Waals surface area contributed by atoms with Crippen molar-refractivity contribution in [1.82, 2.24) is 5.32 Å². The van der Waals surface area contributed by atoms with Crippen LogP contribution in [0.2, 0.25) is 0 Å². The van der Waals surface area contributed by atoms with Crippen LogP contribution in [0.5, 0.6) is 0 Å². The van der Waals surface area contributed by atoms with E-state index in [2.05, 4.69) is 10.6 Å². The van der Waals surface area contributed by atoms with Gasteiger partial charge < -0.3 is 15.4 Å². The van der Waals surface area contributed by atoms with Crippen molar-refractivity contribution in [3.05, 3.63) is 55.9 Å². The number of para-hydroxylation sites is 1. The van der Waals surface area contributed by atoms with Gasteiger partial charge in [-0.15, -0.1) is 11.3 Å². The predicted octanol–water partition coefficient (Wildman–Crippen LogP) is 5.25. The van der Waals surface area contributed by atoms with Crippen LogP contribution in [0.25, 0.3) is 0 Å². The number of hydrogen-bond acceptors (Lipinski definition) is 7. The molecule has 0 bridgehead atoms. The predicted molar refractivity (Wildman–Crippen MR) is 125 cm³/mol. The molecule has 32 heavy (non-hydrogen) atoms. The van der Waals surface area contributed by atoms with Gasteiger partial charge >= 0.3 is 5.97 Å². The van der Waals surface area contributed by atoms with Gasteiger partial charge in [0.1, 0.15) is 16.7 Å². The molecule has 1 aromatic carbocycles. The number of alkyl halides is 3. The number of rotatable bonds is 7. The molecule has 0 spiro atoms. The summed E-state index contributed by atoms with van der Waals surface area (Å²) in [6, 6.07) is 5.45. The Morgan fingerprint density at radius 2 is 1.94 bits per heavy atom. The van der Waals surface area contributed by atoms with Gasteiger partial charge in [0.25, 0.3) is 11.6 Å². The van der Waals surface area contributed by atoms with Crippen LogP contribution in [-0.4, -0.2) is 33.4 Å². The highest BCUT2D eigenvalue weighted by Gasteiger charge is 2.37. The second-order valence-corrected chi connectivity index (χ2v) is 10.5. The van der Waals surface area contributed by atoms with Crippen LogP contribution in [0.1, 0.15) is 50.9 Å². The summed E-state index contributed by atoms with van der Waals surface area (Å²) in [5.41, 5.74) is 0.697. The van der Waals surface area contributed by atoms with E-state index < -0.39 is 26.8 Å². The molecule has 1 atom stereocenters. The third kappa shape index (κ3) is 5.46. The maximum absolute atomic E-state index is 12.8. The lowest BCUT2D eigenvalue weighted by atomic mass is 9.95. The fourth-order valence-electron chi connectivity index (χ4n) is 3.45. The molecule has 1 aromatic heterocycles. The first-order valence-electron chi connectivity index (χ1n) is 9.82. The lowest BCUT2D eigenvalue weighted by molar-refractivity contribution is -0.385. The molecule has 0 fully saturated rings. The molecule has 8 nitrogen and oxygen atoms in total. The number of anilines is 1. The van der Waals surface area contributed by atoms with Crippen molar-refractivity contribution in [3.8, 4) is 0 Å². The first-order chi connectivity index (χ1) is 15.1. The first-order valence-corrected chi connectivity index (χ1v) is 11.8. The summed E-state index contributed by atoms with van der Waals surface area (Å²) in [5, 5.41) is 17.1. The van der Waals surface area contributed by atoms with Gasteiger partial charge in [-0.2, -0.15) is 0 Å². The van der Waals surface area contributed by atoms with Crippen LogP contribution in [0.3, 0.4) is 0 Å². The van der Waals surface area contributed by atoms with E-state index in [1.165, 1.54) is 35.6 Å². The number of ether oxygens (including phenoxy) is 1. The number of benzene rings is 1. The number of hydrogen-bond donors (Lipinski definition) is 2. The summed E-state index contributed by atoms with van der Waals surface area (Å²) in [6.07, 6.45) is 2.20. The number of carbonyl (C=O) groups is 2. The van der Waals surface area contributed by atoms with Gasteiger partial charge in [-0.1, -0.05) is 46.9 Å². The van der Waals surface area contributed by atoms with Gasteiger partial charge in [0.15, 0.2) is 0 Å². The molecule has 0 radical (unpaired) electrons. The Morgan fingerprint density at radius 1 is 1.25 bits per heavy atom. The summed E-state index contributed by atoms with van der Waals surface area (Å²) >= 11 is 19.7. The molecule has 3 rings (SSSR count). The molecule has 0 unspecified atom stereocenters. The molecule has 2 aromatic rings. The van der Waals surface area contributed by atoms with Crippen molar-refractivity contribution in [1.29, 1.82) is 0 Å². The second kappa shape index (κ2) is 10.2. The molecular weight excluding hydrogens is 501 g/mol. The summed E-state index contributed by atoms with van der Waals surface area (Å²) < 4.78 is 3.19. The van der Waals surface area contributed by atoms with E-state index in [0.29, 0.717) is 10.6 Å². The Hall–Kier alpha value is -2.07. The average molecular weight is 521 g/mol. The number of amides is 1. The Morgan fingerprint density at radius 3 is 2.59 bits per heavy atom. The highest BCUT2D eigenvalue weighted by Crippen LogP contribution is 2.41. The number of halogens is 3. The minimum absolute atomic E-state index is 0.186. The number of carbonyl (C=O) groups excluding carboxylic acids is 2. The largest absolute Gasteiger partial charge is 0.462 e. The van der Waals surface area contributed by atoms with Crippen molar-refractivity contribution in [3.63, 3.8) is 0 Å². The van der Waals surface area contributed by atoms with Gasteiger partial charge in [-0.25, -0.2) is 4.79 Å². The monoisotopic (exact) mass is 519 g/mol. The van der Waals surface area contributed by atoms with Gasteiger partial charge in [0.05, 0.1) is 17.1 Å². The molecule has 0 saturated heterocycles. The molecule has 2 N–H and O–H groups in total. The van der Waals surface area contributed by atoms with Crippen molar-refractivity contribution >= 4 is 68.7 Å². The minimum atomic E-state index is -2.03. The number of nitro benzene ring substituents is 1. The van der Waals surface area contributed by atoms with Crippen molar-refractivity contribution in [2.45, 2.75) is 42.6 Å². The summed E-state index contributed by atoms with van der Waals surface area (Å²) in [4.78, 5) is 37.1. The summed E-state index contributed by atoms with van der Waals surface area (Å²) in [6.45, 7) is 1.91. The van der Waals surface area contributed by atoms with Crippen LogP contribution < -0.4 is 10.6 Å². The molecule has 0 saturated carbocycles. The van der Waals surface area contributed by atoms with Gasteiger partial charge in [0.2, 0.25) is 3.79 Å². The number of fused-ring (bicyclic) bond motifs is 1. The molecular formula is C20H20Cl3N3O5S. The van der Waals surface area contributed by atoms with Crippen LogP contribution in [0.15, 0.2) is 24.3 Å². The molecule has 1 amide bonds. The third-order valence-corrected chi connectivity index (χ3v) is 6.75. The Bertz CT molecular complexity index is 1040. The number of nitrogens with zero attached hydrogens (tertiary/aromatic N) is 1. The lowest BCUT2D eigenvalue weighted by Crippen LogP contribution is -2.49. The second-order valence-electron chi connectivity index (χ2n) is 7.00. The van der Waals surface area contributed by atoms with E-state index in [-0.39, 0.29) is 17.9 Å². The highest BCUT2D eigenvalue weighted by molar-refractivity contribution is 7.16. The van der Waals surface area contributed by atoms with Crippen molar-refractivity contribution in [2.75, 3.05) is 11.9 Å². The molecule has 12 heteroatoms. The van der Waals surface area contributed by atoms with Crippen molar-refractivity contribution < 1.29 is 19.2 Å². The minimum Gasteiger partial charge on any atom is -0.462 e. The third-order valence-electron chi connectivity index (χ3n) is 4.87. The quantitative estimate of drug-likeness (QED) is 0.170. The van der Waals surface area contributed by atoms with Gasteiger partial charge in [0, 0.05) is 10.9 Å². The zero-order chi connectivity index (χ0) is 23.5. The normalized spacial score (nSPS) is 14.2. The SMILES string of the molecule is CCOC(=O)c1c(N[C@@H](NC(=O)c2ccccc2[N+](=O)[O-])C(Cl)(Cl)Cl)sc2c1CCCC2. The molecule has 1 aliphatic carbocycles. The van der Waals surface area contributed by atoms with E-state index in [9.17, 15) is 19.7 Å². The number of nitrogens with one attached hydrogen (secondary N) is 2. The standard InChI is InChI=1S/C20H20Cl3N3O5S/c1-2-31-18(28)15-12-8-4-6-10-14(12)32-17(15)25-19(20(21,22)23)24-16(27)11-7-3-5-9-13(11)26(29)30/h3,5,7,9,19,25H,2,4,6,8,10H2,1H3,(H,24,27)/t19-/m1/s1. The smallest absolute Gasteiger partial charge is 0.341 e. The zero-order valence-electron chi connectivity index (χ0n) is 17.0. The Labute approximate surface area is 203 Å². The summed E-state index contributed by atoms with van der Waals surface area (Å²) in [5.74, 6) is -1.30. The lowest BCUT2D eigenvalue weighted by Gasteiger charge is -2.27. The van der Waals surface area contributed by atoms with E-state index in [4.69, 9.17) is 39.5 Å². The van der Waals surface area contributed by atoms with Crippen LogP contribution in [0.4, 0.5) is 10.7 Å². The number of aryl methyl sites for hydroxylation is 1. The maximum Gasteiger partial charge on any atom is 0.341 e. The number of nitro groups is 1. The fourth-order valence-corrected chi connectivity index (χ4v) is 5.08. The molecule has 1 aliphatic rings. The van der Waals surface area contributed by atoms with Gasteiger partial charge in [-0.05, 0) is 44.2 Å². The van der Waals surface area contributed by atoms with Crippen LogP contribution in [0, 0.1) is 10.1 Å². The van der Waals surface area contributed by atoms with Crippen molar-refractivity contribution in [2.24, 2.45) is 0 Å². The van der Waals surface area contributed by atoms with E-state index in [0.717, 1.165) is 36.1 Å². The van der Waals surface area contributed by atoms with E-state index >= 15 is 0 Å². The Balaban J connectivity index is 1.94. The Kier molecular flexibility index (Phi) is 7.87. The van der Waals surface area contributed by atoms with E-state index in [1.54, 1.807) is 6.92 Å². The maximum atomic E-state index is 12.8. The first kappa shape index (κ1) is 24.6. The number of thiophene rings is 1. The van der Waals surface area contributed by atoms with Crippen LogP contribution in [-0.2, 0) is 17.6 Å². The topological polar surface area (TPSA) is 111 Å². The van der Waals surface area contributed by atoms with Gasteiger partial charge in [-0.3, -0.25) is 14.9 Å². The fraction of sp³-hybridized carbons (Fsp3) is 0.400. The van der Waals surface area contributed by atoms with E-state index in [1.807, 2.05) is 0 Å². The highest BCUT2D eigenvalue weighted by atomic mass is 35.6. The number of esters is 1. The van der Waals surface area contributed by atoms with Crippen LogP contribution >= 0.6 is 46.1 Å². The molecule has 1 heterocycles. The summed E-state index contributed by atoms with van der Waals surface area (Å²) in [7, 11) is 0. The zero-order valence-corrected chi connectivity index (χ0v) is 20.0.